The SMILES string of the molecule is CC[C@H](C)COC(=O)C1C2CC3CC1CC(C2)C3C(=O)c1ccccc1. The van der Waals surface area contributed by atoms with Gasteiger partial charge in [-0.3, -0.25) is 9.59 Å². The number of rotatable bonds is 6. The fourth-order valence-corrected chi connectivity index (χ4v) is 5.93. The molecule has 140 valence electrons. The van der Waals surface area contributed by atoms with Gasteiger partial charge in [0.15, 0.2) is 5.78 Å². The lowest BCUT2D eigenvalue weighted by Crippen LogP contribution is -2.54. The third-order valence-corrected chi connectivity index (χ3v) is 7.29. The summed E-state index contributed by atoms with van der Waals surface area (Å²) in [4.78, 5) is 25.8. The van der Waals surface area contributed by atoms with Crippen LogP contribution in [0.25, 0.3) is 0 Å². The van der Waals surface area contributed by atoms with E-state index in [1.54, 1.807) is 0 Å². The highest BCUT2D eigenvalue weighted by Gasteiger charge is 2.57. The van der Waals surface area contributed by atoms with E-state index >= 15 is 0 Å². The highest BCUT2D eigenvalue weighted by molar-refractivity contribution is 5.98. The Bertz CT molecular complexity index is 635. The summed E-state index contributed by atoms with van der Waals surface area (Å²) in [6, 6.07) is 9.76. The van der Waals surface area contributed by atoms with E-state index in [1.165, 1.54) is 0 Å². The molecule has 0 saturated heterocycles. The summed E-state index contributed by atoms with van der Waals surface area (Å²) in [7, 11) is 0. The second-order valence-electron chi connectivity index (χ2n) is 8.91. The Morgan fingerprint density at radius 2 is 1.50 bits per heavy atom. The molecule has 3 nitrogen and oxygen atoms in total. The van der Waals surface area contributed by atoms with E-state index < -0.39 is 0 Å². The van der Waals surface area contributed by atoms with Crippen molar-refractivity contribution in [1.82, 2.24) is 0 Å². The summed E-state index contributed by atoms with van der Waals surface area (Å²) < 4.78 is 5.66. The summed E-state index contributed by atoms with van der Waals surface area (Å²) in [5.41, 5.74) is 0.856. The maximum absolute atomic E-state index is 13.1. The molecule has 1 aromatic rings. The van der Waals surface area contributed by atoms with Gasteiger partial charge in [0.2, 0.25) is 0 Å². The molecule has 3 heteroatoms. The summed E-state index contributed by atoms with van der Waals surface area (Å²) in [5.74, 6) is 2.83. The van der Waals surface area contributed by atoms with Crippen molar-refractivity contribution < 1.29 is 14.3 Å². The Labute approximate surface area is 156 Å². The summed E-state index contributed by atoms with van der Waals surface area (Å²) in [6.07, 6.45) is 5.15. The van der Waals surface area contributed by atoms with E-state index in [1.807, 2.05) is 30.3 Å². The number of ether oxygens (including phenoxy) is 1. The van der Waals surface area contributed by atoms with E-state index in [4.69, 9.17) is 4.74 Å². The number of Topliss-reactive ketones (excluding diaryl/α,β-unsaturated/α-hetero) is 1. The highest BCUT2D eigenvalue weighted by Crippen LogP contribution is 2.59. The van der Waals surface area contributed by atoms with Gasteiger partial charge in [-0.15, -0.1) is 0 Å². The number of hydrogen-bond acceptors (Lipinski definition) is 3. The van der Waals surface area contributed by atoms with Gasteiger partial charge >= 0.3 is 5.97 Å². The lowest BCUT2D eigenvalue weighted by Gasteiger charge is -2.56. The lowest BCUT2D eigenvalue weighted by atomic mass is 9.47. The molecular weight excluding hydrogens is 324 g/mol. The second kappa shape index (κ2) is 7.17. The first-order valence-corrected chi connectivity index (χ1v) is 10.3. The van der Waals surface area contributed by atoms with Gasteiger partial charge in [-0.25, -0.2) is 0 Å². The normalized spacial score (nSPS) is 35.9. The zero-order chi connectivity index (χ0) is 18.3. The van der Waals surface area contributed by atoms with E-state index in [-0.39, 0.29) is 17.8 Å². The van der Waals surface area contributed by atoms with Gasteiger partial charge in [-0.05, 0) is 55.3 Å². The molecule has 1 aromatic carbocycles. The van der Waals surface area contributed by atoms with Crippen molar-refractivity contribution in [2.45, 2.75) is 46.0 Å². The molecule has 0 spiro atoms. The fourth-order valence-electron chi connectivity index (χ4n) is 5.93. The van der Waals surface area contributed by atoms with Crippen LogP contribution < -0.4 is 0 Å². The summed E-state index contributed by atoms with van der Waals surface area (Å²) in [5, 5.41) is 0. The molecule has 26 heavy (non-hydrogen) atoms. The first kappa shape index (κ1) is 17.8. The average molecular weight is 354 g/mol. The minimum Gasteiger partial charge on any atom is -0.465 e. The third-order valence-electron chi connectivity index (χ3n) is 7.29. The predicted octanol–water partition coefficient (Wildman–Crippen LogP) is 4.76. The van der Waals surface area contributed by atoms with Crippen molar-refractivity contribution in [2.24, 2.45) is 41.4 Å². The summed E-state index contributed by atoms with van der Waals surface area (Å²) >= 11 is 0. The van der Waals surface area contributed by atoms with Crippen LogP contribution in [0.4, 0.5) is 0 Å². The number of benzene rings is 1. The molecule has 4 bridgehead atoms. The van der Waals surface area contributed by atoms with Crippen LogP contribution in [0.3, 0.4) is 0 Å². The van der Waals surface area contributed by atoms with Gasteiger partial charge in [-0.1, -0.05) is 50.6 Å². The van der Waals surface area contributed by atoms with Crippen LogP contribution in [0.2, 0.25) is 0 Å². The van der Waals surface area contributed by atoms with Gasteiger partial charge in [0, 0.05) is 11.5 Å². The van der Waals surface area contributed by atoms with Crippen molar-refractivity contribution in [3.63, 3.8) is 0 Å². The van der Waals surface area contributed by atoms with Crippen LogP contribution in [0.15, 0.2) is 30.3 Å². The molecule has 4 saturated carbocycles. The Kier molecular flexibility index (Phi) is 4.90. The number of hydrogen-bond donors (Lipinski definition) is 0. The maximum Gasteiger partial charge on any atom is 0.309 e. The molecule has 4 aliphatic rings. The smallest absolute Gasteiger partial charge is 0.309 e. The number of carbonyl (C=O) groups excluding carboxylic acids is 2. The largest absolute Gasteiger partial charge is 0.465 e. The molecule has 0 radical (unpaired) electrons. The Hall–Kier alpha value is -1.64. The van der Waals surface area contributed by atoms with E-state index in [0.717, 1.165) is 37.7 Å². The lowest BCUT2D eigenvalue weighted by molar-refractivity contribution is -0.166. The molecular formula is C23H30O3. The predicted molar refractivity (Wildman–Crippen MR) is 101 cm³/mol. The Morgan fingerprint density at radius 1 is 0.962 bits per heavy atom. The molecule has 4 aliphatic carbocycles. The summed E-state index contributed by atoms with van der Waals surface area (Å²) in [6.45, 7) is 4.81. The van der Waals surface area contributed by atoms with Gasteiger partial charge in [0.05, 0.1) is 12.5 Å². The topological polar surface area (TPSA) is 43.4 Å². The zero-order valence-corrected chi connectivity index (χ0v) is 15.9. The van der Waals surface area contributed by atoms with Crippen LogP contribution in [0.1, 0.15) is 56.3 Å². The fraction of sp³-hybridized carbons (Fsp3) is 0.652. The van der Waals surface area contributed by atoms with Crippen molar-refractivity contribution >= 4 is 11.8 Å². The van der Waals surface area contributed by atoms with Gasteiger partial charge in [0.1, 0.15) is 0 Å². The molecule has 0 aliphatic heterocycles. The van der Waals surface area contributed by atoms with Crippen molar-refractivity contribution in [1.29, 1.82) is 0 Å². The van der Waals surface area contributed by atoms with Gasteiger partial charge in [-0.2, -0.15) is 0 Å². The minimum absolute atomic E-state index is 0.0324. The van der Waals surface area contributed by atoms with Gasteiger partial charge < -0.3 is 4.74 Å². The quantitative estimate of drug-likeness (QED) is 0.546. The second-order valence-corrected chi connectivity index (χ2v) is 8.91. The Balaban J connectivity index is 1.44. The van der Waals surface area contributed by atoms with Crippen LogP contribution in [-0.4, -0.2) is 18.4 Å². The first-order valence-electron chi connectivity index (χ1n) is 10.3. The van der Waals surface area contributed by atoms with Crippen LogP contribution in [0, 0.1) is 41.4 Å². The molecule has 0 heterocycles. The van der Waals surface area contributed by atoms with Gasteiger partial charge in [0.25, 0.3) is 0 Å². The van der Waals surface area contributed by atoms with Crippen LogP contribution >= 0.6 is 0 Å². The average Bonchev–Trinajstić information content (AvgIpc) is 2.65. The standard InChI is InChI=1S/C23H30O3/c1-3-14(2)13-26-23(25)21-18-9-16-10-19(21)12-17(11-18)20(16)22(24)15-7-5-4-6-8-15/h4-8,14,16-21H,3,9-13H2,1-2H3/t14-,16?,17?,18?,19?,20?,21?/m0/s1. The van der Waals surface area contributed by atoms with Crippen molar-refractivity contribution in [3.8, 4) is 0 Å². The number of esters is 1. The van der Waals surface area contributed by atoms with Crippen LogP contribution in [-0.2, 0) is 9.53 Å². The number of carbonyl (C=O) groups is 2. The molecule has 0 amide bonds. The minimum atomic E-state index is 0.0324. The Morgan fingerprint density at radius 3 is 2.04 bits per heavy atom. The number of ketones is 1. The molecule has 4 fully saturated rings. The maximum atomic E-state index is 13.1. The van der Waals surface area contributed by atoms with Crippen molar-refractivity contribution in [2.75, 3.05) is 6.61 Å². The zero-order valence-electron chi connectivity index (χ0n) is 15.9. The van der Waals surface area contributed by atoms with Crippen LogP contribution in [0.5, 0.6) is 0 Å². The van der Waals surface area contributed by atoms with Crippen molar-refractivity contribution in [3.05, 3.63) is 35.9 Å². The molecule has 5 rings (SSSR count). The highest BCUT2D eigenvalue weighted by atomic mass is 16.5. The van der Waals surface area contributed by atoms with E-state index in [0.29, 0.717) is 42.0 Å². The van der Waals surface area contributed by atoms with E-state index in [9.17, 15) is 9.59 Å². The molecule has 0 unspecified atom stereocenters. The third kappa shape index (κ3) is 3.10. The molecule has 0 N–H and O–H groups in total. The first-order chi connectivity index (χ1) is 12.6. The monoisotopic (exact) mass is 354 g/mol. The van der Waals surface area contributed by atoms with E-state index in [2.05, 4.69) is 13.8 Å². The molecule has 1 atom stereocenters. The molecule has 0 aromatic heterocycles.